The minimum atomic E-state index is 0.224. The highest BCUT2D eigenvalue weighted by Crippen LogP contribution is 2.51. The molecule has 0 spiro atoms. The van der Waals surface area contributed by atoms with Crippen LogP contribution in [0.15, 0.2) is 18.2 Å². The average molecular weight is 306 g/mol. The van der Waals surface area contributed by atoms with Crippen molar-refractivity contribution in [1.82, 2.24) is 0 Å². The fourth-order valence-corrected chi connectivity index (χ4v) is 3.67. The first-order chi connectivity index (χ1) is 10.2. The first-order valence-corrected chi connectivity index (χ1v) is 7.67. The van der Waals surface area contributed by atoms with Gasteiger partial charge in [-0.2, -0.15) is 0 Å². The molecule has 0 saturated carbocycles. The number of nitrogens with zero attached hydrogens (tertiary/aromatic N) is 1. The highest BCUT2D eigenvalue weighted by Gasteiger charge is 2.33. The topological polar surface area (TPSA) is 41.9 Å². The van der Waals surface area contributed by atoms with Crippen LogP contribution in [0.4, 0.5) is 5.69 Å². The van der Waals surface area contributed by atoms with Crippen LogP contribution in [0, 0.1) is 0 Å². The fourth-order valence-electron chi connectivity index (χ4n) is 3.42. The van der Waals surface area contributed by atoms with E-state index in [0.717, 1.165) is 41.0 Å². The Kier molecular flexibility index (Phi) is 2.82. The van der Waals surface area contributed by atoms with Crippen LogP contribution < -0.4 is 14.4 Å². The molecule has 2 aliphatic heterocycles. The van der Waals surface area contributed by atoms with Gasteiger partial charge in [-0.15, -0.1) is 11.6 Å². The number of alkyl halides is 1. The van der Waals surface area contributed by atoms with Gasteiger partial charge >= 0.3 is 0 Å². The van der Waals surface area contributed by atoms with E-state index in [-0.39, 0.29) is 18.5 Å². The second-order valence-corrected chi connectivity index (χ2v) is 5.75. The standard InChI is InChI=1S/C16H16ClNO3/c1-2-18-7-9(6-17)14-11(18)5-12(19)10-3-4-13-16(15(10)14)21-8-20-13/h3-5,9,19H,2,6-8H2,1H3/t9-/m1/s1. The van der Waals surface area contributed by atoms with Crippen LogP contribution >= 0.6 is 11.6 Å². The lowest BCUT2D eigenvalue weighted by Gasteiger charge is -2.18. The zero-order valence-electron chi connectivity index (χ0n) is 11.7. The molecule has 110 valence electrons. The molecule has 4 rings (SSSR count). The van der Waals surface area contributed by atoms with Crippen LogP contribution in [0.5, 0.6) is 17.2 Å². The Hall–Kier alpha value is -1.81. The number of aromatic hydroxyl groups is 1. The molecule has 0 aromatic heterocycles. The summed E-state index contributed by atoms with van der Waals surface area (Å²) >= 11 is 6.19. The van der Waals surface area contributed by atoms with Crippen molar-refractivity contribution in [3.05, 3.63) is 23.8 Å². The van der Waals surface area contributed by atoms with Gasteiger partial charge in [0.1, 0.15) is 5.75 Å². The molecule has 0 amide bonds. The second kappa shape index (κ2) is 4.60. The molecule has 0 fully saturated rings. The zero-order valence-corrected chi connectivity index (χ0v) is 12.5. The van der Waals surface area contributed by atoms with Crippen LogP contribution in [-0.2, 0) is 0 Å². The van der Waals surface area contributed by atoms with Crippen molar-refractivity contribution in [3.8, 4) is 17.2 Å². The monoisotopic (exact) mass is 305 g/mol. The lowest BCUT2D eigenvalue weighted by molar-refractivity contribution is 0.175. The van der Waals surface area contributed by atoms with Crippen LogP contribution in [0.2, 0.25) is 0 Å². The average Bonchev–Trinajstić information content (AvgIpc) is 3.10. The van der Waals surface area contributed by atoms with Gasteiger partial charge in [-0.1, -0.05) is 0 Å². The van der Waals surface area contributed by atoms with Crippen LogP contribution in [0.1, 0.15) is 18.4 Å². The van der Waals surface area contributed by atoms with Gasteiger partial charge in [0, 0.05) is 47.4 Å². The van der Waals surface area contributed by atoms with Crippen LogP contribution in [-0.4, -0.2) is 30.9 Å². The van der Waals surface area contributed by atoms with Crippen molar-refractivity contribution in [1.29, 1.82) is 0 Å². The van der Waals surface area contributed by atoms with Crippen LogP contribution in [0.3, 0.4) is 0 Å². The van der Waals surface area contributed by atoms with Gasteiger partial charge in [0.15, 0.2) is 11.5 Å². The first kappa shape index (κ1) is 12.9. The summed E-state index contributed by atoms with van der Waals surface area (Å²) in [6.45, 7) is 4.09. The van der Waals surface area contributed by atoms with Gasteiger partial charge in [-0.3, -0.25) is 0 Å². The largest absolute Gasteiger partial charge is 0.507 e. The molecule has 4 nitrogen and oxygen atoms in total. The van der Waals surface area contributed by atoms with Crippen molar-refractivity contribution in [2.24, 2.45) is 0 Å². The van der Waals surface area contributed by atoms with E-state index in [9.17, 15) is 5.11 Å². The number of hydrogen-bond donors (Lipinski definition) is 1. The molecule has 2 aliphatic rings. The normalized spacial score (nSPS) is 19.3. The number of fused-ring (bicyclic) bond motifs is 5. The maximum Gasteiger partial charge on any atom is 0.231 e. The van der Waals surface area contributed by atoms with E-state index in [1.165, 1.54) is 5.56 Å². The molecule has 5 heteroatoms. The molecule has 0 saturated heterocycles. The lowest BCUT2D eigenvalue weighted by atomic mass is 9.94. The maximum absolute atomic E-state index is 10.4. The number of likely N-dealkylation sites (N-methyl/N-ethyl adjacent to an activating group) is 1. The minimum absolute atomic E-state index is 0.224. The Morgan fingerprint density at radius 2 is 2.24 bits per heavy atom. The zero-order chi connectivity index (χ0) is 14.6. The molecular formula is C16H16ClNO3. The van der Waals surface area contributed by atoms with Gasteiger partial charge in [0.2, 0.25) is 6.79 Å². The molecule has 0 bridgehead atoms. The summed E-state index contributed by atoms with van der Waals surface area (Å²) in [6, 6.07) is 5.58. The predicted octanol–water partition coefficient (Wildman–Crippen LogP) is 3.44. The number of benzene rings is 2. The number of halogens is 1. The van der Waals surface area contributed by atoms with Gasteiger partial charge in [0.05, 0.1) is 0 Å². The molecule has 0 aliphatic carbocycles. The third kappa shape index (κ3) is 1.69. The Morgan fingerprint density at radius 3 is 3.00 bits per heavy atom. The molecule has 2 aromatic rings. The third-order valence-corrected chi connectivity index (χ3v) is 4.76. The number of anilines is 1. The highest BCUT2D eigenvalue weighted by atomic mass is 35.5. The lowest BCUT2D eigenvalue weighted by Crippen LogP contribution is -2.21. The van der Waals surface area contributed by atoms with E-state index < -0.39 is 0 Å². The molecule has 1 atom stereocenters. The van der Waals surface area contributed by atoms with Gasteiger partial charge in [-0.05, 0) is 24.6 Å². The van der Waals surface area contributed by atoms with E-state index in [0.29, 0.717) is 5.88 Å². The van der Waals surface area contributed by atoms with E-state index >= 15 is 0 Å². The summed E-state index contributed by atoms with van der Waals surface area (Å²) in [6.07, 6.45) is 0. The van der Waals surface area contributed by atoms with Crippen molar-refractivity contribution >= 4 is 28.1 Å². The molecule has 2 heterocycles. The molecular weight excluding hydrogens is 290 g/mol. The molecule has 0 unspecified atom stereocenters. The van der Waals surface area contributed by atoms with Gasteiger partial charge in [-0.25, -0.2) is 0 Å². The van der Waals surface area contributed by atoms with Crippen molar-refractivity contribution in [2.75, 3.05) is 30.7 Å². The Balaban J connectivity index is 2.10. The number of ether oxygens (including phenoxy) is 2. The quantitative estimate of drug-likeness (QED) is 0.863. The second-order valence-electron chi connectivity index (χ2n) is 5.44. The summed E-state index contributed by atoms with van der Waals surface area (Å²) in [5.74, 6) is 2.52. The summed E-state index contributed by atoms with van der Waals surface area (Å²) in [7, 11) is 0. The highest BCUT2D eigenvalue weighted by molar-refractivity contribution is 6.19. The van der Waals surface area contributed by atoms with Crippen molar-refractivity contribution in [2.45, 2.75) is 12.8 Å². The predicted molar refractivity (Wildman–Crippen MR) is 83.1 cm³/mol. The number of phenolic OH excluding ortho intramolecular Hbond substituents is 1. The van der Waals surface area contributed by atoms with Crippen molar-refractivity contribution in [3.63, 3.8) is 0 Å². The number of rotatable bonds is 2. The summed E-state index contributed by atoms with van der Waals surface area (Å²) in [4.78, 5) is 2.25. The SMILES string of the molecule is CCN1C[C@@H](CCl)c2c1cc(O)c1ccc3c(c21)OCO3. The van der Waals surface area contributed by atoms with Crippen molar-refractivity contribution < 1.29 is 14.6 Å². The molecule has 2 aromatic carbocycles. The molecule has 0 radical (unpaired) electrons. The molecule has 1 N–H and O–H groups in total. The van der Waals surface area contributed by atoms with Crippen LogP contribution in [0.25, 0.3) is 10.8 Å². The summed E-state index contributed by atoms with van der Waals surface area (Å²) in [5, 5.41) is 12.1. The van der Waals surface area contributed by atoms with E-state index in [1.54, 1.807) is 0 Å². The third-order valence-electron chi connectivity index (χ3n) is 4.39. The number of hydrogen-bond acceptors (Lipinski definition) is 4. The van der Waals surface area contributed by atoms with E-state index in [1.807, 2.05) is 18.2 Å². The van der Waals surface area contributed by atoms with Gasteiger partial charge in [0.25, 0.3) is 0 Å². The smallest absolute Gasteiger partial charge is 0.231 e. The Labute approximate surface area is 127 Å². The fraction of sp³-hybridized carbons (Fsp3) is 0.375. The summed E-state index contributed by atoms with van der Waals surface area (Å²) < 4.78 is 11.1. The minimum Gasteiger partial charge on any atom is -0.507 e. The maximum atomic E-state index is 10.4. The Bertz CT molecular complexity index is 731. The first-order valence-electron chi connectivity index (χ1n) is 7.13. The molecule has 21 heavy (non-hydrogen) atoms. The summed E-state index contributed by atoms with van der Waals surface area (Å²) in [5.41, 5.74) is 2.22. The van der Waals surface area contributed by atoms with E-state index in [4.69, 9.17) is 21.1 Å². The number of phenols is 1. The van der Waals surface area contributed by atoms with E-state index in [2.05, 4.69) is 11.8 Å². The van der Waals surface area contributed by atoms with Gasteiger partial charge < -0.3 is 19.5 Å². The Morgan fingerprint density at radius 1 is 1.38 bits per heavy atom.